The van der Waals surface area contributed by atoms with Gasteiger partial charge in [-0.25, -0.2) is 9.97 Å². The molecule has 1 spiro atoms. The predicted octanol–water partition coefficient (Wildman–Crippen LogP) is 4.94. The highest BCUT2D eigenvalue weighted by Crippen LogP contribution is 2.51. The van der Waals surface area contributed by atoms with Gasteiger partial charge in [-0.05, 0) is 66.1 Å². The summed E-state index contributed by atoms with van der Waals surface area (Å²) in [6.45, 7) is 1.85. The molecule has 5 heterocycles. The van der Waals surface area contributed by atoms with Crippen molar-refractivity contribution in [2.45, 2.75) is 35.1 Å². The second kappa shape index (κ2) is 7.71. The number of benzene rings is 1. The Morgan fingerprint density at radius 2 is 1.91 bits per heavy atom. The number of halogens is 1. The van der Waals surface area contributed by atoms with Crippen LogP contribution in [-0.2, 0) is 6.42 Å². The van der Waals surface area contributed by atoms with Crippen LogP contribution in [0.1, 0.15) is 30.0 Å². The number of aromatic nitrogens is 4. The maximum Gasteiger partial charge on any atom is 0.157 e. The molecule has 4 aromatic heterocycles. The van der Waals surface area contributed by atoms with Gasteiger partial charge >= 0.3 is 0 Å². The van der Waals surface area contributed by atoms with E-state index in [-0.39, 0.29) is 11.5 Å². The van der Waals surface area contributed by atoms with Gasteiger partial charge in [0.25, 0.3) is 0 Å². The van der Waals surface area contributed by atoms with Crippen molar-refractivity contribution >= 4 is 51.7 Å². The van der Waals surface area contributed by atoms with Crippen LogP contribution in [0.2, 0.25) is 5.02 Å². The van der Waals surface area contributed by atoms with Gasteiger partial charge in [-0.2, -0.15) is 0 Å². The summed E-state index contributed by atoms with van der Waals surface area (Å²) in [7, 11) is 0. The minimum absolute atomic E-state index is 0.0520. The smallest absolute Gasteiger partial charge is 0.157 e. The van der Waals surface area contributed by atoms with Gasteiger partial charge in [-0.1, -0.05) is 29.4 Å². The fourth-order valence-electron chi connectivity index (χ4n) is 5.85. The highest BCUT2D eigenvalue weighted by Gasteiger charge is 2.46. The lowest BCUT2D eigenvalue weighted by atomic mass is 9.73. The molecule has 1 aliphatic heterocycles. The molecule has 9 heteroatoms. The Hall–Kier alpha value is -3.07. The highest BCUT2D eigenvalue weighted by atomic mass is 35.5. The third-order valence-corrected chi connectivity index (χ3v) is 9.43. The van der Waals surface area contributed by atoms with E-state index < -0.39 is 0 Å². The number of fused-ring (bicyclic) bond motifs is 1. The van der Waals surface area contributed by atoms with Crippen LogP contribution >= 0.6 is 23.4 Å². The number of nitrogens with zero attached hydrogens (tertiary/aromatic N) is 5. The van der Waals surface area contributed by atoms with Gasteiger partial charge in [0.1, 0.15) is 11.2 Å². The van der Waals surface area contributed by atoms with E-state index in [2.05, 4.69) is 32.5 Å². The van der Waals surface area contributed by atoms with Crippen LogP contribution in [0.5, 0.6) is 0 Å². The van der Waals surface area contributed by atoms with Crippen LogP contribution in [0.15, 0.2) is 64.8 Å². The van der Waals surface area contributed by atoms with Crippen molar-refractivity contribution < 1.29 is 0 Å². The summed E-state index contributed by atoms with van der Waals surface area (Å²) >= 11 is 8.02. The van der Waals surface area contributed by atoms with Crippen molar-refractivity contribution in [3.05, 3.63) is 71.1 Å². The fraction of sp³-hybridized carbons (Fsp3) is 0.269. The van der Waals surface area contributed by atoms with Gasteiger partial charge in [-0.15, -0.1) is 0 Å². The van der Waals surface area contributed by atoms with Crippen molar-refractivity contribution in [1.82, 2.24) is 19.4 Å². The summed E-state index contributed by atoms with van der Waals surface area (Å²) in [5.41, 5.74) is 18.8. The Balaban J connectivity index is 1.18. The zero-order chi connectivity index (χ0) is 23.7. The second-order valence-electron chi connectivity index (χ2n) is 9.63. The molecule has 1 saturated heterocycles. The molecule has 0 unspecified atom stereocenters. The number of nitrogen functional groups attached to an aromatic ring is 1. The lowest BCUT2D eigenvalue weighted by molar-refractivity contribution is 0.187. The minimum Gasteiger partial charge on any atom is -0.397 e. The van der Waals surface area contributed by atoms with Gasteiger partial charge < -0.3 is 16.4 Å². The molecule has 0 radical (unpaired) electrons. The van der Waals surface area contributed by atoms with Crippen LogP contribution in [-0.4, -0.2) is 32.4 Å². The van der Waals surface area contributed by atoms with E-state index in [0.717, 1.165) is 64.8 Å². The molecule has 1 fully saturated rings. The van der Waals surface area contributed by atoms with Gasteiger partial charge in [0.15, 0.2) is 11.5 Å². The number of pyridine rings is 2. The number of nitrogens with two attached hydrogens (primary N) is 2. The average molecular weight is 502 g/mol. The van der Waals surface area contributed by atoms with Crippen LogP contribution in [0.3, 0.4) is 0 Å². The van der Waals surface area contributed by atoms with Crippen LogP contribution in [0.25, 0.3) is 16.8 Å². The minimum atomic E-state index is 0.0520. The van der Waals surface area contributed by atoms with Gasteiger partial charge in [0.2, 0.25) is 0 Å². The Bertz CT molecular complexity index is 1570. The number of imidazole rings is 2. The Kier molecular flexibility index (Phi) is 4.68. The SMILES string of the molecule is Nc1cccc(Sc2ccc3nc(N4CCC5(CC4)Cc4ccncc4[C@H]5N)c4cnc2n34)c1Cl. The predicted molar refractivity (Wildman–Crippen MR) is 140 cm³/mol. The van der Waals surface area contributed by atoms with E-state index in [4.69, 9.17) is 33.0 Å². The Morgan fingerprint density at radius 3 is 2.74 bits per heavy atom. The van der Waals surface area contributed by atoms with Gasteiger partial charge in [0, 0.05) is 36.4 Å². The number of hydrogen-bond donors (Lipinski definition) is 2. The van der Waals surface area contributed by atoms with E-state index >= 15 is 0 Å². The van der Waals surface area contributed by atoms with E-state index in [1.54, 1.807) is 11.8 Å². The largest absolute Gasteiger partial charge is 0.397 e. The molecule has 0 saturated carbocycles. The second-order valence-corrected chi connectivity index (χ2v) is 11.1. The fourth-order valence-corrected chi connectivity index (χ4v) is 7.06. The van der Waals surface area contributed by atoms with Crippen molar-refractivity contribution in [1.29, 1.82) is 0 Å². The molecule has 2 aliphatic rings. The first-order chi connectivity index (χ1) is 17.0. The summed E-state index contributed by atoms with van der Waals surface area (Å²) in [4.78, 5) is 18.4. The van der Waals surface area contributed by atoms with Gasteiger partial charge in [0.05, 0.1) is 21.8 Å². The standard InChI is InChI=1S/C26H24ClN7S/c27-22-17(28)2-1-3-19(22)35-20-4-5-21-32-24(18-14-31-25(20)34(18)21)33-10-7-26(8-11-33)12-15-6-9-30-13-16(15)23(26)29/h1-6,9,13-14,23H,7-8,10-12,28-29H2/t23-/m1/s1. The molecule has 35 heavy (non-hydrogen) atoms. The number of piperidine rings is 1. The summed E-state index contributed by atoms with van der Waals surface area (Å²) in [5.74, 6) is 0.997. The van der Waals surface area contributed by atoms with Crippen molar-refractivity contribution in [2.75, 3.05) is 23.7 Å². The zero-order valence-electron chi connectivity index (χ0n) is 19.0. The molecule has 0 bridgehead atoms. The first-order valence-corrected chi connectivity index (χ1v) is 13.0. The van der Waals surface area contributed by atoms with Crippen LogP contribution < -0.4 is 16.4 Å². The van der Waals surface area contributed by atoms with Crippen molar-refractivity contribution in [2.24, 2.45) is 11.1 Å². The van der Waals surface area contributed by atoms with Crippen LogP contribution in [0.4, 0.5) is 11.5 Å². The molecule has 4 N–H and O–H groups in total. The first-order valence-electron chi connectivity index (χ1n) is 11.8. The summed E-state index contributed by atoms with van der Waals surface area (Å²) in [5, 5.41) is 0.573. The van der Waals surface area contributed by atoms with Gasteiger partial charge in [-0.3, -0.25) is 9.38 Å². The molecular formula is C26H24ClN7S. The molecule has 176 valence electrons. The summed E-state index contributed by atoms with van der Waals surface area (Å²) < 4.78 is 2.14. The molecule has 5 aromatic rings. The Morgan fingerprint density at radius 1 is 1.06 bits per heavy atom. The monoisotopic (exact) mass is 501 g/mol. The Labute approximate surface area is 211 Å². The third kappa shape index (κ3) is 3.13. The molecular weight excluding hydrogens is 478 g/mol. The average Bonchev–Trinajstić information content (AvgIpc) is 3.55. The lowest BCUT2D eigenvalue weighted by Gasteiger charge is -2.42. The summed E-state index contributed by atoms with van der Waals surface area (Å²) in [6, 6.07) is 12.0. The molecule has 7 rings (SSSR count). The highest BCUT2D eigenvalue weighted by molar-refractivity contribution is 7.99. The normalized spacial score (nSPS) is 19.3. The quantitative estimate of drug-likeness (QED) is 0.338. The van der Waals surface area contributed by atoms with E-state index in [0.29, 0.717) is 10.7 Å². The number of rotatable bonds is 3. The van der Waals surface area contributed by atoms with Crippen molar-refractivity contribution in [3.8, 4) is 0 Å². The van der Waals surface area contributed by atoms with Crippen LogP contribution in [0, 0.1) is 5.41 Å². The molecule has 1 aliphatic carbocycles. The van der Waals surface area contributed by atoms with Crippen molar-refractivity contribution in [3.63, 3.8) is 0 Å². The first kappa shape index (κ1) is 21.2. The van der Waals surface area contributed by atoms with E-state index in [1.807, 2.05) is 36.8 Å². The number of anilines is 2. The van der Waals surface area contributed by atoms with E-state index in [9.17, 15) is 0 Å². The lowest BCUT2D eigenvalue weighted by Crippen LogP contribution is -2.44. The summed E-state index contributed by atoms with van der Waals surface area (Å²) in [6.07, 6.45) is 8.88. The molecule has 1 aromatic carbocycles. The third-order valence-electron chi connectivity index (χ3n) is 7.80. The zero-order valence-corrected chi connectivity index (χ0v) is 20.6. The number of hydrogen-bond acceptors (Lipinski definition) is 7. The molecule has 1 atom stereocenters. The maximum absolute atomic E-state index is 6.75. The molecule has 7 nitrogen and oxygen atoms in total. The topological polar surface area (TPSA) is 98.4 Å². The maximum atomic E-state index is 6.75. The van der Waals surface area contributed by atoms with E-state index in [1.165, 1.54) is 11.1 Å². The molecule has 0 amide bonds.